The number of likely N-dealkylation sites (N-methyl/N-ethyl adjacent to an activating group) is 1. The van der Waals surface area contributed by atoms with Gasteiger partial charge in [0.05, 0.1) is 61.7 Å². The molecule has 3 rings (SSSR count). The molecule has 3 fully saturated rings. The molecule has 18 heteroatoms. The fourth-order valence-electron chi connectivity index (χ4n) is 6.58. The molecule has 0 aromatic heterocycles. The smallest absolute Gasteiger partial charge is 0.250 e. The molecular weight excluding hydrogens is 618 g/mol. The number of carbonyl (C=O) groups excluding carboxylic acids is 1. The zero-order valence-electron chi connectivity index (χ0n) is 27.8. The van der Waals surface area contributed by atoms with Crippen molar-refractivity contribution in [3.8, 4) is 0 Å². The summed E-state index contributed by atoms with van der Waals surface area (Å²) < 4.78 is 24.9. The van der Waals surface area contributed by atoms with E-state index < -0.39 is 103 Å². The maximum atomic E-state index is 13.2. The second-order valence-electron chi connectivity index (χ2n) is 13.4. The Morgan fingerprint density at radius 1 is 1.13 bits per heavy atom. The number of aliphatic hydroxyl groups is 4. The Balaban J connectivity index is 1.85. The average Bonchev–Trinajstić information content (AvgIpc) is 3.02. The molecule has 0 aromatic carbocycles. The van der Waals surface area contributed by atoms with E-state index in [1.165, 1.54) is 6.92 Å². The number of aliphatic hydroxyl groups excluding tert-OH is 3. The minimum Gasteiger partial charge on any atom is -0.395 e. The first kappa shape index (κ1) is 39.8. The molecule has 1 saturated carbocycles. The summed E-state index contributed by atoms with van der Waals surface area (Å²) >= 11 is 0. The van der Waals surface area contributed by atoms with Crippen LogP contribution in [0.5, 0.6) is 0 Å². The Hall–Kier alpha value is -1.62. The van der Waals surface area contributed by atoms with E-state index in [2.05, 4.69) is 16.0 Å². The SMILES string of the molecule is CCC1C(O[C@H]2O[C@H](CNC(=N)C(C)N)CCC2N)[C@@H](N)C[C@@H](NC(=O)[C@@H](O)[C@@H](N)[C@@H](N)CO)C1O[C@H]1OCC(C)(O)[C@H](NC)C1O. The van der Waals surface area contributed by atoms with Gasteiger partial charge in [0.25, 0.3) is 5.91 Å². The second-order valence-corrected chi connectivity index (χ2v) is 13.4. The number of nitrogens with one attached hydrogen (secondary N) is 4. The van der Waals surface area contributed by atoms with Crippen molar-refractivity contribution < 1.29 is 44.2 Å². The molecule has 7 unspecified atom stereocenters. The van der Waals surface area contributed by atoms with Crippen molar-refractivity contribution in [1.29, 1.82) is 5.41 Å². The van der Waals surface area contributed by atoms with Crippen LogP contribution in [-0.4, -0.2) is 150 Å². The molecule has 0 aromatic rings. The lowest BCUT2D eigenvalue weighted by atomic mass is 9.76. The molecular formula is C29H59N9O9. The predicted molar refractivity (Wildman–Crippen MR) is 172 cm³/mol. The first-order valence-electron chi connectivity index (χ1n) is 16.4. The van der Waals surface area contributed by atoms with Gasteiger partial charge in [-0.3, -0.25) is 10.2 Å². The third-order valence-electron chi connectivity index (χ3n) is 9.52. The number of hydrogen-bond donors (Lipinski definition) is 13. The number of rotatable bonds is 14. The van der Waals surface area contributed by atoms with E-state index in [-0.39, 0.29) is 25.0 Å². The van der Waals surface area contributed by atoms with Crippen LogP contribution in [0.15, 0.2) is 0 Å². The Bertz CT molecular complexity index is 1010. The van der Waals surface area contributed by atoms with Gasteiger partial charge in [0.1, 0.15) is 23.6 Å². The number of hydrogen-bond acceptors (Lipinski definition) is 16. The van der Waals surface area contributed by atoms with Crippen LogP contribution in [0.1, 0.15) is 46.5 Å². The second kappa shape index (κ2) is 17.3. The fourth-order valence-corrected chi connectivity index (χ4v) is 6.58. The van der Waals surface area contributed by atoms with Gasteiger partial charge in [0, 0.05) is 24.5 Å². The van der Waals surface area contributed by atoms with Crippen LogP contribution in [0.25, 0.3) is 0 Å². The van der Waals surface area contributed by atoms with Gasteiger partial charge in [-0.15, -0.1) is 0 Å². The standard InChI is InChI=1S/C29H59N9O9/c1-5-14-22(46-27-15(31)7-6-13(45-27)9-37-25(35)12(2)30)16(32)8-18(38-26(42)20(40)19(34)17(33)10-39)23(14)47-28-21(41)24(36-4)29(3,43)11-44-28/h12-24,27-28,36,39-41,43H,5-11,30-34H2,1-4H3,(H2,35,37)(H,38,42)/t12?,13-,14?,15?,16-,17-,18+,19-,20-,21?,22?,23?,24+,27+,28+,29?/m0/s1. The Morgan fingerprint density at radius 3 is 2.38 bits per heavy atom. The van der Waals surface area contributed by atoms with Gasteiger partial charge in [0.15, 0.2) is 12.6 Å². The largest absolute Gasteiger partial charge is 0.395 e. The van der Waals surface area contributed by atoms with E-state index in [4.69, 9.17) is 53.0 Å². The third-order valence-corrected chi connectivity index (χ3v) is 9.52. The summed E-state index contributed by atoms with van der Waals surface area (Å²) in [5, 5.41) is 58.6. The molecule has 2 aliphatic heterocycles. The van der Waals surface area contributed by atoms with E-state index in [0.29, 0.717) is 25.8 Å². The summed E-state index contributed by atoms with van der Waals surface area (Å²) in [7, 11) is 1.60. The Labute approximate surface area is 276 Å². The van der Waals surface area contributed by atoms with E-state index in [0.717, 1.165) is 0 Å². The van der Waals surface area contributed by atoms with Gasteiger partial charge >= 0.3 is 0 Å². The summed E-state index contributed by atoms with van der Waals surface area (Å²) in [6, 6.07) is -5.46. The lowest BCUT2D eigenvalue weighted by molar-refractivity contribution is -0.301. The maximum Gasteiger partial charge on any atom is 0.250 e. The first-order valence-corrected chi connectivity index (χ1v) is 16.4. The van der Waals surface area contributed by atoms with E-state index in [9.17, 15) is 25.2 Å². The van der Waals surface area contributed by atoms with Crippen LogP contribution >= 0.6 is 0 Å². The number of ether oxygens (including phenoxy) is 4. The molecule has 18 nitrogen and oxygen atoms in total. The molecule has 3 aliphatic rings. The lowest BCUT2D eigenvalue weighted by Gasteiger charge is -2.50. The summed E-state index contributed by atoms with van der Waals surface area (Å²) in [6.07, 6.45) is -5.12. The topological polar surface area (TPSA) is 325 Å². The molecule has 1 aliphatic carbocycles. The number of amidine groups is 1. The lowest BCUT2D eigenvalue weighted by Crippen LogP contribution is -2.68. The molecule has 18 N–H and O–H groups in total. The first-order chi connectivity index (χ1) is 22.1. The van der Waals surface area contributed by atoms with Gasteiger partial charge in [-0.2, -0.15) is 0 Å². The minimum atomic E-state index is -1.74. The summed E-state index contributed by atoms with van der Waals surface area (Å²) in [6.45, 7) is 4.80. The highest BCUT2D eigenvalue weighted by atomic mass is 16.7. The van der Waals surface area contributed by atoms with Crippen molar-refractivity contribution in [2.75, 3.05) is 26.8 Å². The van der Waals surface area contributed by atoms with Gasteiger partial charge in [-0.05, 0) is 46.6 Å². The molecule has 16 atom stereocenters. The number of carbonyl (C=O) groups is 1. The quantitative estimate of drug-likeness (QED) is 0.0603. The molecule has 0 spiro atoms. The van der Waals surface area contributed by atoms with Crippen LogP contribution in [0, 0.1) is 11.3 Å². The molecule has 2 heterocycles. The normalized spacial score (nSPS) is 40.6. The van der Waals surface area contributed by atoms with E-state index in [1.54, 1.807) is 14.0 Å². The number of nitrogens with two attached hydrogens (primary N) is 5. The summed E-state index contributed by atoms with van der Waals surface area (Å²) in [5.74, 6) is -1.15. The molecule has 0 radical (unpaired) electrons. The third kappa shape index (κ3) is 9.76. The van der Waals surface area contributed by atoms with Crippen LogP contribution < -0.4 is 44.6 Å². The highest BCUT2D eigenvalue weighted by Gasteiger charge is 2.52. The van der Waals surface area contributed by atoms with Crippen molar-refractivity contribution in [1.82, 2.24) is 16.0 Å². The summed E-state index contributed by atoms with van der Waals surface area (Å²) in [5.41, 5.74) is 29.2. The van der Waals surface area contributed by atoms with Crippen molar-refractivity contribution >= 4 is 11.7 Å². The maximum absolute atomic E-state index is 13.2. The average molecular weight is 678 g/mol. The zero-order chi connectivity index (χ0) is 35.2. The molecule has 47 heavy (non-hydrogen) atoms. The summed E-state index contributed by atoms with van der Waals surface area (Å²) in [4.78, 5) is 13.2. The zero-order valence-corrected chi connectivity index (χ0v) is 27.8. The number of amides is 1. The van der Waals surface area contributed by atoms with Crippen molar-refractivity contribution in [3.63, 3.8) is 0 Å². The van der Waals surface area contributed by atoms with Crippen molar-refractivity contribution in [2.45, 2.75) is 137 Å². The molecule has 1 amide bonds. The van der Waals surface area contributed by atoms with Crippen molar-refractivity contribution in [3.05, 3.63) is 0 Å². The van der Waals surface area contributed by atoms with Gasteiger partial charge in [0.2, 0.25) is 0 Å². The van der Waals surface area contributed by atoms with Gasteiger partial charge < -0.3 is 84.0 Å². The van der Waals surface area contributed by atoms with Gasteiger partial charge in [-0.25, -0.2) is 0 Å². The highest BCUT2D eigenvalue weighted by molar-refractivity contribution is 5.83. The minimum absolute atomic E-state index is 0.125. The van der Waals surface area contributed by atoms with Crippen LogP contribution in [0.2, 0.25) is 0 Å². The van der Waals surface area contributed by atoms with Crippen LogP contribution in [0.3, 0.4) is 0 Å². The van der Waals surface area contributed by atoms with E-state index >= 15 is 0 Å². The van der Waals surface area contributed by atoms with Crippen LogP contribution in [0.4, 0.5) is 0 Å². The van der Waals surface area contributed by atoms with Crippen LogP contribution in [-0.2, 0) is 23.7 Å². The fraction of sp³-hybridized carbons (Fsp3) is 0.931. The monoisotopic (exact) mass is 677 g/mol. The van der Waals surface area contributed by atoms with E-state index in [1.807, 2.05) is 6.92 Å². The van der Waals surface area contributed by atoms with Crippen molar-refractivity contribution in [2.24, 2.45) is 34.6 Å². The predicted octanol–water partition coefficient (Wildman–Crippen LogP) is -5.19. The highest BCUT2D eigenvalue weighted by Crippen LogP contribution is 2.36. The molecule has 0 bridgehead atoms. The van der Waals surface area contributed by atoms with Gasteiger partial charge in [-0.1, -0.05) is 6.92 Å². The Morgan fingerprint density at radius 2 is 1.79 bits per heavy atom. The Kier molecular flexibility index (Phi) is 14.7. The molecule has 2 saturated heterocycles. The molecule has 274 valence electrons.